The summed E-state index contributed by atoms with van der Waals surface area (Å²) in [7, 11) is 1.60. The van der Waals surface area contributed by atoms with Crippen molar-refractivity contribution < 1.29 is 28.1 Å². The molecule has 1 saturated heterocycles. The molecule has 0 bridgehead atoms. The summed E-state index contributed by atoms with van der Waals surface area (Å²) in [6.07, 6.45) is 2.15. The van der Waals surface area contributed by atoms with Gasteiger partial charge in [0, 0.05) is 19.6 Å². The molecule has 0 saturated carbocycles. The van der Waals surface area contributed by atoms with E-state index in [9.17, 15) is 9.18 Å². The van der Waals surface area contributed by atoms with Crippen LogP contribution in [0, 0.1) is 19.7 Å². The Morgan fingerprint density at radius 1 is 1.00 bits per heavy atom. The Hall–Kier alpha value is -2.64. The molecule has 0 aliphatic carbocycles. The van der Waals surface area contributed by atoms with Crippen molar-refractivity contribution in [3.8, 4) is 17.2 Å². The quantitative estimate of drug-likeness (QED) is 0.327. The van der Waals surface area contributed by atoms with Gasteiger partial charge < -0.3 is 18.9 Å². The van der Waals surface area contributed by atoms with Crippen molar-refractivity contribution in [3.05, 3.63) is 52.3 Å². The summed E-state index contributed by atoms with van der Waals surface area (Å²) in [5.74, 6) is 1.23. The molecule has 0 amide bonds. The van der Waals surface area contributed by atoms with Crippen LogP contribution in [-0.2, 0) is 11.2 Å². The van der Waals surface area contributed by atoms with E-state index in [-0.39, 0.29) is 11.6 Å². The number of Topliss-reactive ketones (excluding diaryl/α,β-unsaturated/α-hetero) is 1. The lowest BCUT2D eigenvalue weighted by Gasteiger charge is -2.27. The molecular formula is C27H36FNO5. The zero-order valence-electron chi connectivity index (χ0n) is 20.7. The molecule has 1 aliphatic rings. The lowest BCUT2D eigenvalue weighted by molar-refractivity contribution is 0.0320. The van der Waals surface area contributed by atoms with Crippen molar-refractivity contribution in [2.75, 3.05) is 53.2 Å². The molecule has 0 unspecified atom stereocenters. The number of carbonyl (C=O) groups excluding carboxylic acids is 1. The molecule has 34 heavy (non-hydrogen) atoms. The number of benzene rings is 2. The van der Waals surface area contributed by atoms with Crippen molar-refractivity contribution in [1.82, 2.24) is 4.90 Å². The molecule has 186 valence electrons. The van der Waals surface area contributed by atoms with Gasteiger partial charge in [-0.2, -0.15) is 0 Å². The number of rotatable bonds is 12. The van der Waals surface area contributed by atoms with E-state index in [4.69, 9.17) is 18.9 Å². The Morgan fingerprint density at radius 3 is 2.38 bits per heavy atom. The number of methoxy groups -OCH3 is 1. The Bertz CT molecular complexity index is 972. The van der Waals surface area contributed by atoms with Gasteiger partial charge in [0.15, 0.2) is 17.3 Å². The first-order valence-corrected chi connectivity index (χ1v) is 11.9. The number of aryl methyl sites for hydroxylation is 1. The van der Waals surface area contributed by atoms with E-state index in [1.54, 1.807) is 20.1 Å². The number of nitrogens with zero attached hydrogens (tertiary/aromatic N) is 1. The maximum atomic E-state index is 13.9. The molecule has 1 aliphatic heterocycles. The Kier molecular flexibility index (Phi) is 9.72. The number of hydrogen-bond donors (Lipinski definition) is 0. The van der Waals surface area contributed by atoms with Crippen LogP contribution in [0.25, 0.3) is 0 Å². The SMILES string of the molecule is COc1c(C)c(C)c(C(C)=O)c(OCCN2CCOCC2)c1OCCCCc1ccccc1F. The zero-order valence-corrected chi connectivity index (χ0v) is 20.7. The third kappa shape index (κ3) is 6.48. The van der Waals surface area contributed by atoms with E-state index in [2.05, 4.69) is 4.90 Å². The molecular weight excluding hydrogens is 437 g/mol. The molecule has 6 nitrogen and oxygen atoms in total. The van der Waals surface area contributed by atoms with Gasteiger partial charge in [0.1, 0.15) is 12.4 Å². The maximum absolute atomic E-state index is 13.9. The average molecular weight is 474 g/mol. The van der Waals surface area contributed by atoms with Gasteiger partial charge in [-0.3, -0.25) is 9.69 Å². The van der Waals surface area contributed by atoms with Crippen LogP contribution in [0.3, 0.4) is 0 Å². The van der Waals surface area contributed by atoms with Crippen LogP contribution in [0.1, 0.15) is 46.8 Å². The minimum absolute atomic E-state index is 0.0750. The minimum Gasteiger partial charge on any atom is -0.492 e. The molecule has 1 heterocycles. The van der Waals surface area contributed by atoms with Crippen LogP contribution in [0.15, 0.2) is 24.3 Å². The number of ether oxygens (including phenoxy) is 4. The third-order valence-electron chi connectivity index (χ3n) is 6.28. The number of morpholine rings is 1. The predicted octanol–water partition coefficient (Wildman–Crippen LogP) is 4.77. The number of ketones is 1. The van der Waals surface area contributed by atoms with Crippen molar-refractivity contribution in [3.63, 3.8) is 0 Å². The molecule has 3 rings (SSSR count). The van der Waals surface area contributed by atoms with Crippen molar-refractivity contribution in [2.45, 2.75) is 40.0 Å². The van der Waals surface area contributed by atoms with E-state index < -0.39 is 0 Å². The Balaban J connectivity index is 1.73. The highest BCUT2D eigenvalue weighted by Gasteiger charge is 2.26. The highest BCUT2D eigenvalue weighted by atomic mass is 19.1. The normalized spacial score (nSPS) is 14.1. The maximum Gasteiger partial charge on any atom is 0.204 e. The summed E-state index contributed by atoms with van der Waals surface area (Å²) in [6, 6.07) is 6.83. The lowest BCUT2D eigenvalue weighted by Crippen LogP contribution is -2.38. The van der Waals surface area contributed by atoms with Crippen LogP contribution in [0.5, 0.6) is 17.2 Å². The fourth-order valence-electron chi connectivity index (χ4n) is 4.25. The minimum atomic E-state index is -0.179. The number of carbonyl (C=O) groups is 1. The van der Waals surface area contributed by atoms with Gasteiger partial charge in [-0.05, 0) is 62.8 Å². The fraction of sp³-hybridized carbons (Fsp3) is 0.519. The molecule has 0 radical (unpaired) electrons. The average Bonchev–Trinajstić information content (AvgIpc) is 2.83. The molecule has 2 aromatic rings. The molecule has 0 aromatic heterocycles. The molecule has 0 spiro atoms. The van der Waals surface area contributed by atoms with Crippen molar-refractivity contribution in [2.24, 2.45) is 0 Å². The van der Waals surface area contributed by atoms with E-state index in [1.165, 1.54) is 6.07 Å². The van der Waals surface area contributed by atoms with Gasteiger partial charge in [0.05, 0.1) is 32.5 Å². The van der Waals surface area contributed by atoms with Gasteiger partial charge in [-0.25, -0.2) is 4.39 Å². The van der Waals surface area contributed by atoms with Crippen LogP contribution in [0.4, 0.5) is 4.39 Å². The molecule has 0 atom stereocenters. The topological polar surface area (TPSA) is 57.2 Å². The number of hydrogen-bond acceptors (Lipinski definition) is 6. The summed E-state index contributed by atoms with van der Waals surface area (Å²) >= 11 is 0. The van der Waals surface area contributed by atoms with Gasteiger partial charge in [-0.1, -0.05) is 18.2 Å². The van der Waals surface area contributed by atoms with Crippen LogP contribution in [0.2, 0.25) is 0 Å². The first kappa shape index (κ1) is 26.0. The monoisotopic (exact) mass is 473 g/mol. The summed E-state index contributed by atoms with van der Waals surface area (Å²) in [5.41, 5.74) is 2.92. The molecule has 7 heteroatoms. The number of unbranched alkanes of at least 4 members (excludes halogenated alkanes) is 1. The molecule has 0 N–H and O–H groups in total. The second-order valence-corrected chi connectivity index (χ2v) is 8.57. The highest BCUT2D eigenvalue weighted by Crippen LogP contribution is 2.45. The van der Waals surface area contributed by atoms with E-state index in [0.29, 0.717) is 48.0 Å². The summed E-state index contributed by atoms with van der Waals surface area (Å²) < 4.78 is 37.3. The second kappa shape index (κ2) is 12.7. The van der Waals surface area contributed by atoms with E-state index in [0.717, 1.165) is 56.8 Å². The van der Waals surface area contributed by atoms with Gasteiger partial charge in [-0.15, -0.1) is 0 Å². The van der Waals surface area contributed by atoms with Crippen LogP contribution >= 0.6 is 0 Å². The highest BCUT2D eigenvalue weighted by molar-refractivity contribution is 6.00. The largest absolute Gasteiger partial charge is 0.492 e. The Morgan fingerprint density at radius 2 is 1.71 bits per heavy atom. The standard InChI is InChI=1S/C27H36FNO5/c1-19-20(2)25(31-4)27(33-15-8-7-10-22-9-5-6-11-23(22)28)26(24(19)21(3)30)34-18-14-29-12-16-32-17-13-29/h5-6,9,11H,7-8,10,12-18H2,1-4H3. The van der Waals surface area contributed by atoms with Crippen LogP contribution < -0.4 is 14.2 Å². The first-order chi connectivity index (χ1) is 16.4. The molecule has 2 aromatic carbocycles. The predicted molar refractivity (Wildman–Crippen MR) is 130 cm³/mol. The lowest BCUT2D eigenvalue weighted by atomic mass is 9.97. The number of halogens is 1. The second-order valence-electron chi connectivity index (χ2n) is 8.57. The summed E-state index contributed by atoms with van der Waals surface area (Å²) in [5, 5.41) is 0. The van der Waals surface area contributed by atoms with Crippen LogP contribution in [-0.4, -0.2) is 63.9 Å². The van der Waals surface area contributed by atoms with E-state index in [1.807, 2.05) is 26.0 Å². The van der Waals surface area contributed by atoms with Crippen molar-refractivity contribution in [1.29, 1.82) is 0 Å². The van der Waals surface area contributed by atoms with Gasteiger partial charge in [0.2, 0.25) is 5.75 Å². The van der Waals surface area contributed by atoms with E-state index >= 15 is 0 Å². The Labute approximate surface area is 201 Å². The summed E-state index contributed by atoms with van der Waals surface area (Å²) in [4.78, 5) is 14.9. The van der Waals surface area contributed by atoms with Crippen molar-refractivity contribution >= 4 is 5.78 Å². The summed E-state index contributed by atoms with van der Waals surface area (Å²) in [6.45, 7) is 10.1. The smallest absolute Gasteiger partial charge is 0.204 e. The third-order valence-corrected chi connectivity index (χ3v) is 6.28. The first-order valence-electron chi connectivity index (χ1n) is 11.9. The molecule has 1 fully saturated rings. The zero-order chi connectivity index (χ0) is 24.5. The fourth-order valence-corrected chi connectivity index (χ4v) is 4.25. The van der Waals surface area contributed by atoms with Gasteiger partial charge >= 0.3 is 0 Å². The van der Waals surface area contributed by atoms with Gasteiger partial charge in [0.25, 0.3) is 0 Å².